The van der Waals surface area contributed by atoms with Crippen molar-refractivity contribution >= 4 is 17.4 Å². The van der Waals surface area contributed by atoms with E-state index in [1.807, 2.05) is 0 Å². The molecule has 10 heteroatoms. The number of hydrogen-bond donors (Lipinski definition) is 0. The third-order valence-corrected chi connectivity index (χ3v) is 0. The number of hydrogen-bond acceptors (Lipinski definition) is 7. The molecule has 0 aromatic heterocycles. The fourth-order valence-corrected chi connectivity index (χ4v) is 0. The largest absolute Gasteiger partial charge is 3.00 e. The Kier molecular flexibility index (Phi) is 40800. The summed E-state index contributed by atoms with van der Waals surface area (Å²) in [4.78, 5) is 0. The van der Waals surface area contributed by atoms with Crippen molar-refractivity contribution in [2.45, 2.75) is 0 Å². The molecule has 0 amide bonds. The molecule has 0 bridgehead atoms. The molecule has 0 saturated heterocycles. The Hall–Kier alpha value is 1.27. The van der Waals surface area contributed by atoms with Gasteiger partial charge in [0.25, 0.3) is 0 Å². The first-order chi connectivity index (χ1) is 0. The van der Waals surface area contributed by atoms with Gasteiger partial charge in [-0.15, -0.1) is 0 Å². The van der Waals surface area contributed by atoms with Gasteiger partial charge in [0.2, 0.25) is 0 Å². The van der Waals surface area contributed by atoms with Gasteiger partial charge in [0.15, 0.2) is 0 Å². The summed E-state index contributed by atoms with van der Waals surface area (Å²) in [6.07, 6.45) is 0. The van der Waals surface area contributed by atoms with Crippen LogP contribution < -0.4 is 0 Å². The van der Waals surface area contributed by atoms with E-state index in [0.717, 1.165) is 0 Å². The summed E-state index contributed by atoms with van der Waals surface area (Å²) in [5.41, 5.74) is 0. The SMILES string of the molecule is [Al+3].[Fe+2].[Ni+2].[OH-].[OH-].[OH-].[OH-].[OH-].[OH-].[OH-]. The zero-order valence-electron chi connectivity index (χ0n) is 4.38. The first-order valence-electron chi connectivity index (χ1n) is 0. The minimum atomic E-state index is 0. The van der Waals surface area contributed by atoms with E-state index in [1.54, 1.807) is 0 Å². The molecule has 0 radical (unpaired) electrons. The summed E-state index contributed by atoms with van der Waals surface area (Å²) in [6, 6.07) is 0. The standard InChI is InChI=1S/Al.Fe.Ni.7H2O/h;;;7*1H2/q+3;2*+2;;;;;;;/p-7. The summed E-state index contributed by atoms with van der Waals surface area (Å²) >= 11 is 0. The molecule has 0 rings (SSSR count). The third kappa shape index (κ3) is 395. The van der Waals surface area contributed by atoms with E-state index in [0.29, 0.717) is 0 Å². The molecule has 7 N–H and O–H groups in total. The second-order valence-corrected chi connectivity index (χ2v) is 0. The molecule has 0 unspecified atom stereocenters. The van der Waals surface area contributed by atoms with Crippen LogP contribution in [0.15, 0.2) is 0 Å². The van der Waals surface area contributed by atoms with E-state index in [1.165, 1.54) is 0 Å². The maximum Gasteiger partial charge on any atom is 3.00 e. The van der Waals surface area contributed by atoms with Crippen LogP contribution in [0.5, 0.6) is 0 Å². The molecule has 0 heterocycles. The quantitative estimate of drug-likeness (QED) is 0.463. The van der Waals surface area contributed by atoms with Crippen LogP contribution >= 0.6 is 0 Å². The van der Waals surface area contributed by atoms with E-state index < -0.39 is 0 Å². The minimum Gasteiger partial charge on any atom is -0.870 e. The average molecular weight is 261 g/mol. The second-order valence-electron chi connectivity index (χ2n) is 0. The first-order valence-corrected chi connectivity index (χ1v) is 0. The smallest absolute Gasteiger partial charge is 0.870 e. The molecule has 0 aromatic carbocycles. The maximum atomic E-state index is 0. The Labute approximate surface area is 89.2 Å². The summed E-state index contributed by atoms with van der Waals surface area (Å²) in [7, 11) is 0. The number of rotatable bonds is 0. The molecular formula is H7AlFeNiO7. The van der Waals surface area contributed by atoms with Crippen LogP contribution in [0.1, 0.15) is 0 Å². The maximum absolute atomic E-state index is 0. The van der Waals surface area contributed by atoms with E-state index in [-0.39, 0.29) is 89.3 Å². The van der Waals surface area contributed by atoms with E-state index in [4.69, 9.17) is 0 Å². The van der Waals surface area contributed by atoms with Crippen molar-refractivity contribution in [3.8, 4) is 0 Å². The van der Waals surface area contributed by atoms with Crippen molar-refractivity contribution in [1.82, 2.24) is 0 Å². The molecule has 0 fully saturated rings. The normalized spacial score (nSPS) is 0. The molecule has 10 heavy (non-hydrogen) atoms. The third-order valence-electron chi connectivity index (χ3n) is 0. The van der Waals surface area contributed by atoms with E-state index in [9.17, 15) is 0 Å². The molecule has 70 valence electrons. The van der Waals surface area contributed by atoms with Crippen molar-refractivity contribution in [2.24, 2.45) is 0 Å². The van der Waals surface area contributed by atoms with Crippen LogP contribution in [-0.2, 0) is 33.6 Å². The molecule has 0 aromatic rings. The Morgan fingerprint density at radius 2 is 0.400 bits per heavy atom. The molecule has 0 spiro atoms. The Morgan fingerprint density at radius 3 is 0.400 bits per heavy atom. The average Bonchev–Trinajstić information content (AvgIpc) is 0. The van der Waals surface area contributed by atoms with Crippen molar-refractivity contribution in [1.29, 1.82) is 0 Å². The van der Waals surface area contributed by atoms with Gasteiger partial charge in [-0.1, -0.05) is 0 Å². The fourth-order valence-electron chi connectivity index (χ4n) is 0. The van der Waals surface area contributed by atoms with Gasteiger partial charge in [-0.3, -0.25) is 0 Å². The van der Waals surface area contributed by atoms with Gasteiger partial charge >= 0.3 is 50.9 Å². The van der Waals surface area contributed by atoms with Gasteiger partial charge in [-0.2, -0.15) is 0 Å². The molecule has 7 nitrogen and oxygen atoms in total. The van der Waals surface area contributed by atoms with Gasteiger partial charge < -0.3 is 38.3 Å². The Bertz CT molecular complexity index is 13.6. The summed E-state index contributed by atoms with van der Waals surface area (Å²) in [5.74, 6) is 0. The summed E-state index contributed by atoms with van der Waals surface area (Å²) in [6.45, 7) is 0. The van der Waals surface area contributed by atoms with Crippen LogP contribution in [-0.4, -0.2) is 55.7 Å². The molecule has 0 atom stereocenters. The zero-order chi connectivity index (χ0) is 0. The van der Waals surface area contributed by atoms with Gasteiger partial charge in [0.05, 0.1) is 0 Å². The van der Waals surface area contributed by atoms with Crippen LogP contribution in [0.3, 0.4) is 0 Å². The van der Waals surface area contributed by atoms with Gasteiger partial charge in [0, 0.05) is 0 Å². The van der Waals surface area contributed by atoms with Crippen LogP contribution in [0.2, 0.25) is 0 Å². The van der Waals surface area contributed by atoms with E-state index in [2.05, 4.69) is 0 Å². The minimum absolute atomic E-state index is 0. The summed E-state index contributed by atoms with van der Waals surface area (Å²) in [5, 5.41) is 0. The summed E-state index contributed by atoms with van der Waals surface area (Å²) < 4.78 is 0. The van der Waals surface area contributed by atoms with Crippen molar-refractivity contribution in [3.05, 3.63) is 0 Å². The van der Waals surface area contributed by atoms with Crippen LogP contribution in [0.4, 0.5) is 0 Å². The Balaban J connectivity index is 0. The Morgan fingerprint density at radius 1 is 0.400 bits per heavy atom. The van der Waals surface area contributed by atoms with Gasteiger partial charge in [-0.25, -0.2) is 0 Å². The van der Waals surface area contributed by atoms with Gasteiger partial charge in [0.1, 0.15) is 0 Å². The van der Waals surface area contributed by atoms with Gasteiger partial charge in [-0.05, 0) is 0 Å². The second kappa shape index (κ2) is 550. The molecule has 0 aliphatic heterocycles. The molecule has 0 aliphatic rings. The van der Waals surface area contributed by atoms with Crippen molar-refractivity contribution in [2.75, 3.05) is 0 Å². The van der Waals surface area contributed by atoms with Crippen molar-refractivity contribution < 1.29 is 71.9 Å². The van der Waals surface area contributed by atoms with Crippen molar-refractivity contribution in [3.63, 3.8) is 0 Å². The molecule has 0 saturated carbocycles. The fraction of sp³-hybridized carbons (Fsp3) is 0. The van der Waals surface area contributed by atoms with E-state index >= 15 is 0 Å². The predicted molar refractivity (Wildman–Crippen MR) is 19.3 cm³/mol. The predicted octanol–water partition coefficient (Wildman–Crippen LogP) is -1.62. The molecular weight excluding hydrogens is 254 g/mol. The topological polar surface area (TPSA) is 210 Å². The molecule has 0 aliphatic carbocycles. The zero-order valence-corrected chi connectivity index (χ0v) is 7.62. The monoisotopic (exact) mass is 260 g/mol. The van der Waals surface area contributed by atoms with Crippen LogP contribution in [0, 0.1) is 0 Å². The van der Waals surface area contributed by atoms with Crippen LogP contribution in [0.25, 0.3) is 0 Å². The first kappa shape index (κ1) is 741.